The highest BCUT2D eigenvalue weighted by Gasteiger charge is 2.23. The second-order valence-electron chi connectivity index (χ2n) is 8.77. The molecule has 3 aromatic carbocycles. The van der Waals surface area contributed by atoms with E-state index in [4.69, 9.17) is 9.47 Å². The first kappa shape index (κ1) is 29.7. The number of methoxy groups -OCH3 is 1. The van der Waals surface area contributed by atoms with Crippen molar-refractivity contribution in [3.8, 4) is 22.9 Å². The average molecular weight is 590 g/mol. The van der Waals surface area contributed by atoms with Crippen molar-refractivity contribution >= 4 is 35.1 Å². The number of nitrogens with zero attached hydrogens (tertiary/aromatic N) is 5. The Labute approximate surface area is 242 Å². The molecular weight excluding hydrogens is 566 g/mol. The molecule has 220 valence electrons. The van der Waals surface area contributed by atoms with Crippen molar-refractivity contribution in [3.63, 3.8) is 0 Å². The molecular formula is C27H23N7O9. The van der Waals surface area contributed by atoms with Gasteiger partial charge in [0.1, 0.15) is 5.69 Å². The van der Waals surface area contributed by atoms with Gasteiger partial charge in [-0.15, -0.1) is 0 Å². The number of carbonyl (C=O) groups excluding carboxylic acids is 2. The van der Waals surface area contributed by atoms with Crippen molar-refractivity contribution in [2.75, 3.05) is 12.4 Å². The van der Waals surface area contributed by atoms with E-state index in [0.717, 1.165) is 18.2 Å². The van der Waals surface area contributed by atoms with Gasteiger partial charge in [0.2, 0.25) is 5.75 Å². The smallest absolute Gasteiger partial charge is 0.329 e. The molecule has 0 unspecified atom stereocenters. The topological polar surface area (TPSA) is 202 Å². The normalized spacial score (nSPS) is 10.8. The second-order valence-corrected chi connectivity index (χ2v) is 8.77. The van der Waals surface area contributed by atoms with E-state index in [1.807, 2.05) is 0 Å². The fourth-order valence-electron chi connectivity index (χ4n) is 3.91. The van der Waals surface area contributed by atoms with Crippen LogP contribution < -0.4 is 25.8 Å². The van der Waals surface area contributed by atoms with E-state index < -0.39 is 38.6 Å². The lowest BCUT2D eigenvalue weighted by molar-refractivity contribution is -0.394. The van der Waals surface area contributed by atoms with Gasteiger partial charge in [-0.25, -0.2) is 10.1 Å². The molecule has 0 saturated heterocycles. The molecule has 0 aliphatic carbocycles. The minimum Gasteiger partial charge on any atom is -0.493 e. The number of nitro groups is 2. The molecule has 0 atom stereocenters. The van der Waals surface area contributed by atoms with Gasteiger partial charge in [-0.05, 0) is 48.9 Å². The number of non-ortho nitro benzene ring substituents is 1. The number of nitrogens with one attached hydrogen (secondary N) is 2. The van der Waals surface area contributed by atoms with Gasteiger partial charge in [-0.2, -0.15) is 5.10 Å². The fourth-order valence-corrected chi connectivity index (χ4v) is 3.91. The summed E-state index contributed by atoms with van der Waals surface area (Å²) in [5.41, 5.74) is 1.77. The summed E-state index contributed by atoms with van der Waals surface area (Å²) in [6.07, 6.45) is 1.20. The number of para-hydroxylation sites is 1. The maximum absolute atomic E-state index is 12.9. The van der Waals surface area contributed by atoms with Crippen LogP contribution in [-0.2, 0) is 16.6 Å². The number of amides is 2. The van der Waals surface area contributed by atoms with Crippen LogP contribution in [0.25, 0.3) is 5.69 Å². The minimum absolute atomic E-state index is 0.0550. The quantitative estimate of drug-likeness (QED) is 0.127. The zero-order chi connectivity index (χ0) is 31.3. The molecule has 4 rings (SSSR count). The van der Waals surface area contributed by atoms with Crippen LogP contribution in [0.5, 0.6) is 17.2 Å². The van der Waals surface area contributed by atoms with Gasteiger partial charge < -0.3 is 14.8 Å². The summed E-state index contributed by atoms with van der Waals surface area (Å²) in [4.78, 5) is 58.6. The highest BCUT2D eigenvalue weighted by Crippen LogP contribution is 2.38. The van der Waals surface area contributed by atoms with Crippen LogP contribution in [0.4, 0.5) is 17.1 Å². The van der Waals surface area contributed by atoms with Gasteiger partial charge in [0, 0.05) is 13.1 Å². The predicted octanol–water partition coefficient (Wildman–Crippen LogP) is 3.19. The molecule has 0 aliphatic rings. The van der Waals surface area contributed by atoms with Crippen molar-refractivity contribution in [2.24, 2.45) is 12.1 Å². The van der Waals surface area contributed by atoms with Crippen LogP contribution in [0.3, 0.4) is 0 Å². The van der Waals surface area contributed by atoms with E-state index in [0.29, 0.717) is 16.9 Å². The standard InChI is InChI=1S/C27H23N7O9/c1-16-24(27(37)32(31(16)2)18-7-5-4-6-8-18)29-25(35)26(36)30-28-15-17-9-11-22(23(13-17)42-3)43-21-12-10-19(33(38)39)14-20(21)34(40)41/h4-15H,1-3H3,(H,29,35)(H,30,36)/b28-15+. The minimum atomic E-state index is -1.14. The maximum atomic E-state index is 12.9. The second kappa shape index (κ2) is 12.5. The molecule has 1 aromatic heterocycles. The first-order chi connectivity index (χ1) is 20.5. The number of hydrogen-bond donors (Lipinski definition) is 2. The molecule has 1 heterocycles. The molecule has 43 heavy (non-hydrogen) atoms. The summed E-state index contributed by atoms with van der Waals surface area (Å²) in [6.45, 7) is 1.62. The van der Waals surface area contributed by atoms with Gasteiger partial charge in [-0.3, -0.25) is 39.3 Å². The van der Waals surface area contributed by atoms with E-state index in [9.17, 15) is 34.6 Å². The zero-order valence-electron chi connectivity index (χ0n) is 22.8. The van der Waals surface area contributed by atoms with Gasteiger partial charge >= 0.3 is 17.5 Å². The number of nitro benzene ring substituents is 2. The average Bonchev–Trinajstić information content (AvgIpc) is 3.20. The summed E-state index contributed by atoms with van der Waals surface area (Å²) >= 11 is 0. The Balaban J connectivity index is 1.45. The lowest BCUT2D eigenvalue weighted by atomic mass is 10.2. The third kappa shape index (κ3) is 6.37. The van der Waals surface area contributed by atoms with Crippen molar-refractivity contribution in [1.29, 1.82) is 0 Å². The summed E-state index contributed by atoms with van der Waals surface area (Å²) in [7, 11) is 2.96. The van der Waals surface area contributed by atoms with E-state index in [1.165, 1.54) is 36.2 Å². The van der Waals surface area contributed by atoms with Gasteiger partial charge in [0.25, 0.3) is 11.2 Å². The van der Waals surface area contributed by atoms with Crippen molar-refractivity contribution < 1.29 is 28.9 Å². The van der Waals surface area contributed by atoms with E-state index >= 15 is 0 Å². The van der Waals surface area contributed by atoms with Crippen LogP contribution in [0.1, 0.15) is 11.3 Å². The Morgan fingerprint density at radius 3 is 2.28 bits per heavy atom. The van der Waals surface area contributed by atoms with Crippen molar-refractivity contribution in [1.82, 2.24) is 14.8 Å². The number of anilines is 1. The van der Waals surface area contributed by atoms with Crippen LogP contribution >= 0.6 is 0 Å². The van der Waals surface area contributed by atoms with Crippen LogP contribution in [0.15, 0.2) is 76.6 Å². The zero-order valence-corrected chi connectivity index (χ0v) is 22.8. The molecule has 0 bridgehead atoms. The van der Waals surface area contributed by atoms with Crippen molar-refractivity contribution in [2.45, 2.75) is 6.92 Å². The number of aromatic nitrogens is 2. The van der Waals surface area contributed by atoms with Crippen LogP contribution in [0.2, 0.25) is 0 Å². The number of hydrazone groups is 1. The van der Waals surface area contributed by atoms with E-state index in [1.54, 1.807) is 49.0 Å². The molecule has 16 heteroatoms. The Hall–Kier alpha value is -6.32. The summed E-state index contributed by atoms with van der Waals surface area (Å²) < 4.78 is 13.7. The first-order valence-electron chi connectivity index (χ1n) is 12.3. The van der Waals surface area contributed by atoms with E-state index in [-0.39, 0.29) is 22.9 Å². The van der Waals surface area contributed by atoms with Gasteiger partial charge in [0.05, 0.1) is 40.6 Å². The van der Waals surface area contributed by atoms with Crippen LogP contribution in [0, 0.1) is 27.2 Å². The lowest BCUT2D eigenvalue weighted by Gasteiger charge is -2.11. The van der Waals surface area contributed by atoms with Crippen molar-refractivity contribution in [3.05, 3.63) is 109 Å². The van der Waals surface area contributed by atoms with Gasteiger partial charge in [0.15, 0.2) is 11.5 Å². The number of ether oxygens (including phenoxy) is 2. The fraction of sp³-hybridized carbons (Fsp3) is 0.111. The first-order valence-corrected chi connectivity index (χ1v) is 12.3. The molecule has 2 amide bonds. The molecule has 16 nitrogen and oxygen atoms in total. The molecule has 0 fully saturated rings. The molecule has 0 saturated carbocycles. The molecule has 2 N–H and O–H groups in total. The third-order valence-corrected chi connectivity index (χ3v) is 6.14. The lowest BCUT2D eigenvalue weighted by Crippen LogP contribution is -2.34. The van der Waals surface area contributed by atoms with E-state index in [2.05, 4.69) is 15.8 Å². The Kier molecular flexibility index (Phi) is 8.60. The summed E-state index contributed by atoms with van der Waals surface area (Å²) in [5.74, 6) is -2.33. The SMILES string of the molecule is COc1cc(/C=N/NC(=O)C(=O)Nc2c(C)n(C)n(-c3ccccc3)c2=O)ccc1Oc1ccc([N+](=O)[O-])cc1[N+](=O)[O-]. The molecule has 0 radical (unpaired) electrons. The summed E-state index contributed by atoms with van der Waals surface area (Å²) in [5, 5.41) is 28.4. The summed E-state index contributed by atoms with van der Waals surface area (Å²) in [6, 6.07) is 16.0. The number of hydrogen-bond acceptors (Lipinski definition) is 10. The monoisotopic (exact) mass is 589 g/mol. The number of benzene rings is 3. The Morgan fingerprint density at radius 2 is 1.63 bits per heavy atom. The third-order valence-electron chi connectivity index (χ3n) is 6.14. The Morgan fingerprint density at radius 1 is 0.930 bits per heavy atom. The van der Waals surface area contributed by atoms with Gasteiger partial charge in [-0.1, -0.05) is 18.2 Å². The Bertz CT molecular complexity index is 1830. The van der Waals surface area contributed by atoms with Crippen LogP contribution in [-0.4, -0.2) is 44.3 Å². The highest BCUT2D eigenvalue weighted by molar-refractivity contribution is 6.39. The largest absolute Gasteiger partial charge is 0.493 e. The maximum Gasteiger partial charge on any atom is 0.329 e. The predicted molar refractivity (Wildman–Crippen MR) is 153 cm³/mol. The molecule has 0 aliphatic heterocycles. The number of carbonyl (C=O) groups is 2. The number of rotatable bonds is 9. The molecule has 4 aromatic rings. The molecule has 0 spiro atoms. The highest BCUT2D eigenvalue weighted by atomic mass is 16.6.